The van der Waals surface area contributed by atoms with E-state index < -0.39 is 0 Å². The average molecular weight is 409 g/mol. The van der Waals surface area contributed by atoms with Crippen LogP contribution in [0.15, 0.2) is 47.3 Å². The molecule has 2 heterocycles. The number of rotatable bonds is 8. The summed E-state index contributed by atoms with van der Waals surface area (Å²) < 4.78 is 8.35. The van der Waals surface area contributed by atoms with Crippen molar-refractivity contribution in [3.8, 4) is 11.6 Å². The number of carbonyl (C=O) groups is 2. The second kappa shape index (κ2) is 9.17. The van der Waals surface area contributed by atoms with E-state index in [0.29, 0.717) is 17.1 Å². The molecular weight excluding hydrogens is 386 g/mol. The van der Waals surface area contributed by atoms with Gasteiger partial charge in [0.2, 0.25) is 0 Å². The van der Waals surface area contributed by atoms with Crippen molar-refractivity contribution in [1.29, 1.82) is 0 Å². The molecule has 1 N–H and O–H groups in total. The molecule has 9 nitrogen and oxygen atoms in total. The topological polar surface area (TPSA) is 108 Å². The summed E-state index contributed by atoms with van der Waals surface area (Å²) in [5.41, 5.74) is 2.08. The molecule has 9 heteroatoms. The number of ether oxygens (including phenoxy) is 1. The van der Waals surface area contributed by atoms with Crippen molar-refractivity contribution in [2.45, 2.75) is 27.3 Å². The number of Topliss-reactive ketones (excluding diaryl/α,β-unsaturated/α-hetero) is 1. The van der Waals surface area contributed by atoms with Crippen molar-refractivity contribution < 1.29 is 14.3 Å². The van der Waals surface area contributed by atoms with Crippen molar-refractivity contribution in [1.82, 2.24) is 24.9 Å². The fraction of sp³-hybridized carbons (Fsp3) is 0.286. The molecule has 0 atom stereocenters. The van der Waals surface area contributed by atoms with Crippen LogP contribution in [0.1, 0.15) is 28.7 Å². The number of hydrogen-bond acceptors (Lipinski definition) is 6. The summed E-state index contributed by atoms with van der Waals surface area (Å²) in [5, 5.41) is 11.4. The SMILES string of the molecule is CC(=O)c1ccc(OCC(=O)NCCn2nc(-n3nc(C)cc3C)ccc2=O)cc1. The van der Waals surface area contributed by atoms with Crippen LogP contribution in [0.3, 0.4) is 0 Å². The van der Waals surface area contributed by atoms with Gasteiger partial charge in [0.05, 0.1) is 12.2 Å². The lowest BCUT2D eigenvalue weighted by atomic mass is 10.1. The summed E-state index contributed by atoms with van der Waals surface area (Å²) >= 11 is 0. The standard InChI is InChI=1S/C21H23N5O4/c1-14-12-15(2)26(23-14)19-8-9-21(29)25(24-19)11-10-22-20(28)13-30-18-6-4-17(5-7-18)16(3)27/h4-9,12H,10-11,13H2,1-3H3,(H,22,28). The molecule has 0 spiro atoms. The van der Waals surface area contributed by atoms with E-state index in [4.69, 9.17) is 4.74 Å². The molecular formula is C21H23N5O4. The second-order valence-electron chi connectivity index (χ2n) is 6.81. The minimum atomic E-state index is -0.326. The smallest absolute Gasteiger partial charge is 0.266 e. The normalized spacial score (nSPS) is 10.6. The number of benzene rings is 1. The molecule has 0 saturated carbocycles. The number of nitrogens with one attached hydrogen (secondary N) is 1. The van der Waals surface area contributed by atoms with Gasteiger partial charge in [-0.2, -0.15) is 5.10 Å². The zero-order valence-corrected chi connectivity index (χ0v) is 17.1. The van der Waals surface area contributed by atoms with Gasteiger partial charge in [0.1, 0.15) is 5.75 Å². The maximum atomic E-state index is 12.1. The summed E-state index contributed by atoms with van der Waals surface area (Å²) in [5.74, 6) is 0.660. The van der Waals surface area contributed by atoms with Crippen molar-refractivity contribution in [3.05, 3.63) is 69.8 Å². The van der Waals surface area contributed by atoms with Crippen molar-refractivity contribution >= 4 is 11.7 Å². The molecule has 1 aromatic carbocycles. The lowest BCUT2D eigenvalue weighted by Gasteiger charge is -2.10. The quantitative estimate of drug-likeness (QED) is 0.564. The Labute approximate surface area is 173 Å². The van der Waals surface area contributed by atoms with Gasteiger partial charge < -0.3 is 10.1 Å². The molecule has 0 unspecified atom stereocenters. The number of nitrogens with zero attached hydrogens (tertiary/aromatic N) is 4. The molecule has 3 aromatic rings. The molecule has 0 bridgehead atoms. The number of aryl methyl sites for hydroxylation is 2. The van der Waals surface area contributed by atoms with E-state index in [-0.39, 0.29) is 36.9 Å². The first-order valence-corrected chi connectivity index (χ1v) is 9.46. The first-order valence-electron chi connectivity index (χ1n) is 9.46. The maximum Gasteiger partial charge on any atom is 0.266 e. The Morgan fingerprint density at radius 1 is 1.07 bits per heavy atom. The van der Waals surface area contributed by atoms with Crippen LogP contribution in [-0.2, 0) is 11.3 Å². The van der Waals surface area contributed by atoms with Gasteiger partial charge in [0.25, 0.3) is 11.5 Å². The number of carbonyl (C=O) groups excluding carboxylic acids is 2. The largest absolute Gasteiger partial charge is 0.484 e. The van der Waals surface area contributed by atoms with E-state index >= 15 is 0 Å². The van der Waals surface area contributed by atoms with Gasteiger partial charge in [0.15, 0.2) is 18.2 Å². The van der Waals surface area contributed by atoms with Crippen LogP contribution in [-0.4, -0.2) is 44.4 Å². The van der Waals surface area contributed by atoms with Crippen molar-refractivity contribution in [2.75, 3.05) is 13.2 Å². The fourth-order valence-corrected chi connectivity index (χ4v) is 2.86. The van der Waals surface area contributed by atoms with Crippen LogP contribution >= 0.6 is 0 Å². The molecule has 0 aliphatic rings. The van der Waals surface area contributed by atoms with E-state index in [2.05, 4.69) is 15.5 Å². The number of ketones is 1. The lowest BCUT2D eigenvalue weighted by Crippen LogP contribution is -2.34. The van der Waals surface area contributed by atoms with Crippen molar-refractivity contribution in [2.24, 2.45) is 0 Å². The van der Waals surface area contributed by atoms with Crippen LogP contribution in [0.2, 0.25) is 0 Å². The van der Waals surface area contributed by atoms with Crippen LogP contribution in [0.5, 0.6) is 5.75 Å². The Balaban J connectivity index is 1.52. The molecule has 0 fully saturated rings. The van der Waals surface area contributed by atoms with Gasteiger partial charge in [-0.15, -0.1) is 5.10 Å². The molecule has 3 rings (SSSR count). The van der Waals surface area contributed by atoms with Crippen LogP contribution in [0.4, 0.5) is 0 Å². The predicted molar refractivity (Wildman–Crippen MR) is 110 cm³/mol. The van der Waals surface area contributed by atoms with E-state index in [1.165, 1.54) is 17.7 Å². The minimum Gasteiger partial charge on any atom is -0.484 e. The highest BCUT2D eigenvalue weighted by molar-refractivity contribution is 5.94. The third-order valence-electron chi connectivity index (χ3n) is 4.36. The van der Waals surface area contributed by atoms with Gasteiger partial charge in [-0.1, -0.05) is 0 Å². The fourth-order valence-electron chi connectivity index (χ4n) is 2.86. The summed E-state index contributed by atoms with van der Waals surface area (Å²) in [6.45, 7) is 5.54. The van der Waals surface area contributed by atoms with E-state index in [1.54, 1.807) is 35.0 Å². The monoisotopic (exact) mass is 409 g/mol. The molecule has 156 valence electrons. The van der Waals surface area contributed by atoms with Gasteiger partial charge >= 0.3 is 0 Å². The summed E-state index contributed by atoms with van der Waals surface area (Å²) in [7, 11) is 0. The highest BCUT2D eigenvalue weighted by Crippen LogP contribution is 2.12. The third kappa shape index (κ3) is 5.19. The van der Waals surface area contributed by atoms with E-state index in [1.807, 2.05) is 19.9 Å². The third-order valence-corrected chi connectivity index (χ3v) is 4.36. The molecule has 0 aliphatic heterocycles. The summed E-state index contributed by atoms with van der Waals surface area (Å²) in [6, 6.07) is 11.5. The molecule has 30 heavy (non-hydrogen) atoms. The molecule has 0 aliphatic carbocycles. The first kappa shape index (κ1) is 21.0. The van der Waals surface area contributed by atoms with Crippen LogP contribution in [0, 0.1) is 13.8 Å². The zero-order chi connectivity index (χ0) is 21.7. The molecule has 0 radical (unpaired) electrons. The zero-order valence-electron chi connectivity index (χ0n) is 17.1. The highest BCUT2D eigenvalue weighted by Gasteiger charge is 2.08. The average Bonchev–Trinajstić information content (AvgIpc) is 3.06. The van der Waals surface area contributed by atoms with Gasteiger partial charge in [0, 0.05) is 23.9 Å². The number of amides is 1. The number of hydrogen-bond donors (Lipinski definition) is 1. The molecule has 2 aromatic heterocycles. The van der Waals surface area contributed by atoms with Gasteiger partial charge in [-0.05, 0) is 57.2 Å². The van der Waals surface area contributed by atoms with Gasteiger partial charge in [-0.3, -0.25) is 14.4 Å². The summed E-state index contributed by atoms with van der Waals surface area (Å²) in [6.07, 6.45) is 0. The highest BCUT2D eigenvalue weighted by atomic mass is 16.5. The lowest BCUT2D eigenvalue weighted by molar-refractivity contribution is -0.123. The Hall–Kier alpha value is -3.75. The first-order chi connectivity index (χ1) is 14.3. The van der Waals surface area contributed by atoms with Crippen LogP contribution < -0.4 is 15.6 Å². The van der Waals surface area contributed by atoms with Crippen LogP contribution in [0.25, 0.3) is 5.82 Å². The predicted octanol–water partition coefficient (Wildman–Crippen LogP) is 1.44. The maximum absolute atomic E-state index is 12.1. The van der Waals surface area contributed by atoms with E-state index in [9.17, 15) is 14.4 Å². The van der Waals surface area contributed by atoms with Gasteiger partial charge in [-0.25, -0.2) is 9.36 Å². The Morgan fingerprint density at radius 3 is 2.43 bits per heavy atom. The molecule has 1 amide bonds. The Bertz CT molecular complexity index is 1120. The minimum absolute atomic E-state index is 0.0370. The Kier molecular flexibility index (Phi) is 6.41. The molecule has 0 saturated heterocycles. The second-order valence-corrected chi connectivity index (χ2v) is 6.81. The van der Waals surface area contributed by atoms with Crippen molar-refractivity contribution in [3.63, 3.8) is 0 Å². The Morgan fingerprint density at radius 2 is 1.80 bits per heavy atom. The van der Waals surface area contributed by atoms with E-state index in [0.717, 1.165) is 11.4 Å². The number of aromatic nitrogens is 4. The summed E-state index contributed by atoms with van der Waals surface area (Å²) in [4.78, 5) is 35.3.